The molecule has 0 saturated heterocycles. The number of nitrogens with one attached hydrogen (secondary N) is 1. The van der Waals surface area contributed by atoms with Crippen molar-refractivity contribution in [3.05, 3.63) is 42.0 Å². The summed E-state index contributed by atoms with van der Waals surface area (Å²) in [5, 5.41) is 3.20. The first-order chi connectivity index (χ1) is 6.65. The van der Waals surface area contributed by atoms with Gasteiger partial charge in [0.2, 0.25) is 0 Å². The highest BCUT2D eigenvalue weighted by molar-refractivity contribution is 5.94. The van der Waals surface area contributed by atoms with Crippen LogP contribution in [-0.4, -0.2) is 12.3 Å². The smallest absolute Gasteiger partial charge is 0.159 e. The summed E-state index contributed by atoms with van der Waals surface area (Å²) in [7, 11) is 0. The van der Waals surface area contributed by atoms with Gasteiger partial charge in [-0.3, -0.25) is 4.79 Å². The lowest BCUT2D eigenvalue weighted by Crippen LogP contribution is -2.01. The van der Waals surface area contributed by atoms with Crippen molar-refractivity contribution in [2.24, 2.45) is 0 Å². The van der Waals surface area contributed by atoms with Gasteiger partial charge in [-0.1, -0.05) is 6.08 Å². The molecule has 0 unspecified atom stereocenters. The second-order valence-corrected chi connectivity index (χ2v) is 3.26. The molecule has 0 amide bonds. The SMILES string of the molecule is C=CCNc1ccc(C(C)=O)cc1C. The van der Waals surface area contributed by atoms with Crippen LogP contribution in [0.15, 0.2) is 30.9 Å². The Morgan fingerprint density at radius 3 is 2.79 bits per heavy atom. The molecular formula is C12H15NO. The third-order valence-corrected chi connectivity index (χ3v) is 2.07. The van der Waals surface area contributed by atoms with Gasteiger partial charge in [0.1, 0.15) is 0 Å². The topological polar surface area (TPSA) is 29.1 Å². The first-order valence-electron chi connectivity index (χ1n) is 4.61. The van der Waals surface area contributed by atoms with E-state index in [0.717, 1.165) is 23.4 Å². The Morgan fingerprint density at radius 2 is 2.29 bits per heavy atom. The summed E-state index contributed by atoms with van der Waals surface area (Å²) >= 11 is 0. The maximum atomic E-state index is 11.1. The minimum Gasteiger partial charge on any atom is -0.381 e. The molecule has 0 aliphatic heterocycles. The molecule has 1 rings (SSSR count). The van der Waals surface area contributed by atoms with Gasteiger partial charge < -0.3 is 5.32 Å². The molecule has 0 heterocycles. The van der Waals surface area contributed by atoms with Gasteiger partial charge in [-0.15, -0.1) is 6.58 Å². The molecule has 0 aliphatic carbocycles. The number of rotatable bonds is 4. The third kappa shape index (κ3) is 2.46. The summed E-state index contributed by atoms with van der Waals surface area (Å²) < 4.78 is 0. The Labute approximate surface area is 84.6 Å². The van der Waals surface area contributed by atoms with E-state index < -0.39 is 0 Å². The van der Waals surface area contributed by atoms with E-state index in [1.807, 2.05) is 25.1 Å². The molecule has 0 aromatic heterocycles. The van der Waals surface area contributed by atoms with Gasteiger partial charge in [-0.2, -0.15) is 0 Å². The number of hydrogen-bond acceptors (Lipinski definition) is 2. The van der Waals surface area contributed by atoms with Gasteiger partial charge in [-0.05, 0) is 37.6 Å². The summed E-state index contributed by atoms with van der Waals surface area (Å²) in [5.41, 5.74) is 2.89. The van der Waals surface area contributed by atoms with Crippen LogP contribution in [0, 0.1) is 6.92 Å². The van der Waals surface area contributed by atoms with Gasteiger partial charge in [-0.25, -0.2) is 0 Å². The molecule has 0 bridgehead atoms. The van der Waals surface area contributed by atoms with E-state index in [1.165, 1.54) is 0 Å². The third-order valence-electron chi connectivity index (χ3n) is 2.07. The molecular weight excluding hydrogens is 174 g/mol. The van der Waals surface area contributed by atoms with Crippen LogP contribution >= 0.6 is 0 Å². The molecule has 2 nitrogen and oxygen atoms in total. The predicted octanol–water partition coefficient (Wildman–Crippen LogP) is 2.80. The minimum atomic E-state index is 0.100. The van der Waals surface area contributed by atoms with Crippen LogP contribution in [0.1, 0.15) is 22.8 Å². The van der Waals surface area contributed by atoms with Crippen LogP contribution in [-0.2, 0) is 0 Å². The van der Waals surface area contributed by atoms with Crippen molar-refractivity contribution < 1.29 is 4.79 Å². The molecule has 1 N–H and O–H groups in total. The van der Waals surface area contributed by atoms with Gasteiger partial charge >= 0.3 is 0 Å². The maximum absolute atomic E-state index is 11.1. The number of anilines is 1. The minimum absolute atomic E-state index is 0.100. The van der Waals surface area contributed by atoms with Gasteiger partial charge in [0.25, 0.3) is 0 Å². The van der Waals surface area contributed by atoms with Crippen LogP contribution in [0.3, 0.4) is 0 Å². The monoisotopic (exact) mass is 189 g/mol. The molecule has 74 valence electrons. The Morgan fingerprint density at radius 1 is 1.57 bits per heavy atom. The lowest BCUT2D eigenvalue weighted by molar-refractivity contribution is 0.101. The standard InChI is InChI=1S/C12H15NO/c1-4-7-13-12-6-5-11(10(3)14)8-9(12)2/h4-6,8,13H,1,7H2,2-3H3. The van der Waals surface area contributed by atoms with Crippen molar-refractivity contribution in [1.29, 1.82) is 0 Å². The van der Waals surface area contributed by atoms with Crippen molar-refractivity contribution in [1.82, 2.24) is 0 Å². The van der Waals surface area contributed by atoms with E-state index in [2.05, 4.69) is 11.9 Å². The fourth-order valence-corrected chi connectivity index (χ4v) is 1.26. The van der Waals surface area contributed by atoms with Gasteiger partial charge in [0.05, 0.1) is 0 Å². The number of ketones is 1. The molecule has 1 aromatic rings. The zero-order valence-corrected chi connectivity index (χ0v) is 8.63. The van der Waals surface area contributed by atoms with Crippen molar-refractivity contribution in [2.75, 3.05) is 11.9 Å². The first kappa shape index (κ1) is 10.5. The normalized spacial score (nSPS) is 9.57. The Hall–Kier alpha value is -1.57. The number of hydrogen-bond donors (Lipinski definition) is 1. The quantitative estimate of drug-likeness (QED) is 0.583. The zero-order valence-electron chi connectivity index (χ0n) is 8.63. The summed E-state index contributed by atoms with van der Waals surface area (Å²) in [6.07, 6.45) is 1.80. The Bertz CT molecular complexity index is 355. The highest BCUT2D eigenvalue weighted by Crippen LogP contribution is 2.16. The largest absolute Gasteiger partial charge is 0.381 e. The summed E-state index contributed by atoms with van der Waals surface area (Å²) in [6.45, 7) is 7.93. The van der Waals surface area contributed by atoms with E-state index in [4.69, 9.17) is 0 Å². The lowest BCUT2D eigenvalue weighted by atomic mass is 10.1. The van der Waals surface area contributed by atoms with Crippen LogP contribution in [0.25, 0.3) is 0 Å². The van der Waals surface area contributed by atoms with E-state index in [1.54, 1.807) is 13.0 Å². The number of carbonyl (C=O) groups excluding carboxylic acids is 1. The molecule has 0 fully saturated rings. The molecule has 0 saturated carbocycles. The predicted molar refractivity (Wildman–Crippen MR) is 59.9 cm³/mol. The Balaban J connectivity index is 2.89. The average Bonchev–Trinajstić information content (AvgIpc) is 2.15. The summed E-state index contributed by atoms with van der Waals surface area (Å²) in [4.78, 5) is 11.1. The lowest BCUT2D eigenvalue weighted by Gasteiger charge is -2.08. The van der Waals surface area contributed by atoms with Crippen LogP contribution in [0.2, 0.25) is 0 Å². The van der Waals surface area contributed by atoms with Crippen molar-refractivity contribution in [2.45, 2.75) is 13.8 Å². The molecule has 2 heteroatoms. The maximum Gasteiger partial charge on any atom is 0.159 e. The zero-order chi connectivity index (χ0) is 10.6. The second-order valence-electron chi connectivity index (χ2n) is 3.26. The number of aryl methyl sites for hydroxylation is 1. The molecule has 0 spiro atoms. The first-order valence-corrected chi connectivity index (χ1v) is 4.61. The fraction of sp³-hybridized carbons (Fsp3) is 0.250. The number of Topliss-reactive ketones (excluding diaryl/α,β-unsaturated/α-hetero) is 1. The molecule has 1 aromatic carbocycles. The van der Waals surface area contributed by atoms with E-state index in [0.29, 0.717) is 0 Å². The van der Waals surface area contributed by atoms with Crippen molar-refractivity contribution in [3.63, 3.8) is 0 Å². The number of carbonyl (C=O) groups is 1. The molecule has 14 heavy (non-hydrogen) atoms. The van der Waals surface area contributed by atoms with Crippen molar-refractivity contribution >= 4 is 11.5 Å². The van der Waals surface area contributed by atoms with E-state index >= 15 is 0 Å². The number of benzene rings is 1. The van der Waals surface area contributed by atoms with Crippen molar-refractivity contribution in [3.8, 4) is 0 Å². The van der Waals surface area contributed by atoms with Gasteiger partial charge in [0.15, 0.2) is 5.78 Å². The Kier molecular flexibility index (Phi) is 3.46. The second kappa shape index (κ2) is 4.61. The van der Waals surface area contributed by atoms with E-state index in [9.17, 15) is 4.79 Å². The molecule has 0 aliphatic rings. The summed E-state index contributed by atoms with van der Waals surface area (Å²) in [6, 6.07) is 5.66. The molecule has 0 atom stereocenters. The average molecular weight is 189 g/mol. The van der Waals surface area contributed by atoms with E-state index in [-0.39, 0.29) is 5.78 Å². The highest BCUT2D eigenvalue weighted by atomic mass is 16.1. The van der Waals surface area contributed by atoms with Crippen LogP contribution in [0.4, 0.5) is 5.69 Å². The van der Waals surface area contributed by atoms with Crippen LogP contribution in [0.5, 0.6) is 0 Å². The molecule has 0 radical (unpaired) electrons. The highest BCUT2D eigenvalue weighted by Gasteiger charge is 2.01. The van der Waals surface area contributed by atoms with Crippen LogP contribution < -0.4 is 5.32 Å². The summed E-state index contributed by atoms with van der Waals surface area (Å²) in [5.74, 6) is 0.100. The van der Waals surface area contributed by atoms with Gasteiger partial charge in [0, 0.05) is 17.8 Å². The fourth-order valence-electron chi connectivity index (χ4n) is 1.26.